The summed E-state index contributed by atoms with van der Waals surface area (Å²) < 4.78 is 1.68. The highest BCUT2D eigenvalue weighted by Gasteiger charge is 2.31. The largest absolute Gasteiger partial charge is 0.311 e. The third-order valence-electron chi connectivity index (χ3n) is 4.49. The van der Waals surface area contributed by atoms with Crippen LogP contribution in [0.25, 0.3) is 5.69 Å². The first-order valence-electron chi connectivity index (χ1n) is 8.67. The molecular formula is C19H19N5OS. The van der Waals surface area contributed by atoms with E-state index in [1.807, 2.05) is 60.4 Å². The Morgan fingerprint density at radius 2 is 1.92 bits per heavy atom. The number of rotatable bonds is 5. The van der Waals surface area contributed by atoms with Crippen molar-refractivity contribution in [2.24, 2.45) is 0 Å². The van der Waals surface area contributed by atoms with E-state index in [0.717, 1.165) is 24.3 Å². The summed E-state index contributed by atoms with van der Waals surface area (Å²) in [5.74, 6) is 0.116. The summed E-state index contributed by atoms with van der Waals surface area (Å²) in [5, 5.41) is 12.4. The standard InChI is InChI=1S/C19H19N5OS/c1-2-17(18(25)23-13-12-14-8-6-7-11-16(14)23)26-19-20-21-22-24(19)15-9-4-3-5-10-15/h3-11,17H,2,12-13H2,1H3. The minimum Gasteiger partial charge on any atom is -0.311 e. The van der Waals surface area contributed by atoms with Crippen LogP contribution in [0.4, 0.5) is 5.69 Å². The summed E-state index contributed by atoms with van der Waals surface area (Å²) >= 11 is 1.42. The summed E-state index contributed by atoms with van der Waals surface area (Å²) in [6.45, 7) is 2.76. The molecule has 2 heterocycles. The molecule has 1 aliphatic heterocycles. The van der Waals surface area contributed by atoms with Gasteiger partial charge in [0, 0.05) is 12.2 Å². The maximum atomic E-state index is 13.1. The van der Waals surface area contributed by atoms with Crippen LogP contribution in [0.2, 0.25) is 0 Å². The van der Waals surface area contributed by atoms with Crippen LogP contribution in [-0.4, -0.2) is 37.9 Å². The summed E-state index contributed by atoms with van der Waals surface area (Å²) in [7, 11) is 0. The van der Waals surface area contributed by atoms with E-state index in [9.17, 15) is 4.79 Å². The lowest BCUT2D eigenvalue weighted by molar-refractivity contribution is -0.118. The van der Waals surface area contributed by atoms with Crippen LogP contribution in [0.5, 0.6) is 0 Å². The number of amides is 1. The molecule has 1 atom stereocenters. The van der Waals surface area contributed by atoms with Gasteiger partial charge in [-0.3, -0.25) is 4.79 Å². The van der Waals surface area contributed by atoms with E-state index in [4.69, 9.17) is 0 Å². The molecule has 0 spiro atoms. The van der Waals surface area contributed by atoms with Gasteiger partial charge in [-0.25, -0.2) is 0 Å². The average Bonchev–Trinajstić information content (AvgIpc) is 3.33. The van der Waals surface area contributed by atoms with Crippen LogP contribution in [0, 0.1) is 0 Å². The number of anilines is 1. The highest BCUT2D eigenvalue weighted by atomic mass is 32.2. The average molecular weight is 365 g/mol. The van der Waals surface area contributed by atoms with Gasteiger partial charge >= 0.3 is 0 Å². The molecule has 1 aromatic heterocycles. The summed E-state index contributed by atoms with van der Waals surface area (Å²) in [4.78, 5) is 15.0. The fraction of sp³-hybridized carbons (Fsp3) is 0.263. The minimum atomic E-state index is -0.227. The second-order valence-electron chi connectivity index (χ2n) is 6.09. The molecule has 0 fully saturated rings. The highest BCUT2D eigenvalue weighted by Crippen LogP contribution is 2.32. The fourth-order valence-corrected chi connectivity index (χ4v) is 4.13. The van der Waals surface area contributed by atoms with Crippen LogP contribution in [0.1, 0.15) is 18.9 Å². The van der Waals surface area contributed by atoms with Gasteiger partial charge in [-0.1, -0.05) is 55.1 Å². The number of hydrogen-bond acceptors (Lipinski definition) is 5. The van der Waals surface area contributed by atoms with Gasteiger partial charge in [0.15, 0.2) is 0 Å². The first-order valence-corrected chi connectivity index (χ1v) is 9.55. The Labute approximate surface area is 156 Å². The van der Waals surface area contributed by atoms with Crippen LogP contribution in [-0.2, 0) is 11.2 Å². The number of aromatic nitrogens is 4. The van der Waals surface area contributed by atoms with Crippen molar-refractivity contribution < 1.29 is 4.79 Å². The number of para-hydroxylation sites is 2. The summed E-state index contributed by atoms with van der Waals surface area (Å²) in [6.07, 6.45) is 1.62. The second-order valence-corrected chi connectivity index (χ2v) is 7.26. The molecule has 0 bridgehead atoms. The van der Waals surface area contributed by atoms with Gasteiger partial charge < -0.3 is 4.90 Å². The minimum absolute atomic E-state index is 0.116. The number of benzene rings is 2. The van der Waals surface area contributed by atoms with Crippen molar-refractivity contribution in [1.82, 2.24) is 20.2 Å². The monoisotopic (exact) mass is 365 g/mol. The van der Waals surface area contributed by atoms with Crippen molar-refractivity contribution in [2.75, 3.05) is 11.4 Å². The summed E-state index contributed by atoms with van der Waals surface area (Å²) in [6, 6.07) is 17.8. The van der Waals surface area contributed by atoms with Crippen LogP contribution in [0.15, 0.2) is 59.8 Å². The summed E-state index contributed by atoms with van der Waals surface area (Å²) in [5.41, 5.74) is 3.14. The highest BCUT2D eigenvalue weighted by molar-refractivity contribution is 8.00. The van der Waals surface area contributed by atoms with Crippen LogP contribution < -0.4 is 4.90 Å². The number of nitrogens with zero attached hydrogens (tertiary/aromatic N) is 5. The maximum Gasteiger partial charge on any atom is 0.240 e. The first kappa shape index (κ1) is 16.8. The normalized spacial score (nSPS) is 14.3. The molecule has 6 nitrogen and oxygen atoms in total. The van der Waals surface area contributed by atoms with Crippen molar-refractivity contribution in [2.45, 2.75) is 30.2 Å². The second kappa shape index (κ2) is 7.29. The number of thioether (sulfide) groups is 1. The number of hydrogen-bond donors (Lipinski definition) is 0. The van der Waals surface area contributed by atoms with E-state index in [1.54, 1.807) is 4.68 Å². The van der Waals surface area contributed by atoms with E-state index in [1.165, 1.54) is 17.3 Å². The maximum absolute atomic E-state index is 13.1. The van der Waals surface area contributed by atoms with E-state index in [2.05, 4.69) is 21.6 Å². The molecule has 2 aromatic carbocycles. The Hall–Kier alpha value is -2.67. The number of fused-ring (bicyclic) bond motifs is 1. The van der Waals surface area contributed by atoms with E-state index in [-0.39, 0.29) is 11.2 Å². The molecule has 132 valence electrons. The van der Waals surface area contributed by atoms with E-state index in [0.29, 0.717) is 11.6 Å². The molecule has 4 rings (SSSR count). The lowest BCUT2D eigenvalue weighted by atomic mass is 10.2. The molecule has 0 aliphatic carbocycles. The van der Waals surface area contributed by atoms with Crippen molar-refractivity contribution in [3.8, 4) is 5.69 Å². The van der Waals surface area contributed by atoms with Crippen LogP contribution >= 0.6 is 11.8 Å². The molecule has 3 aromatic rings. The predicted octanol–water partition coefficient (Wildman–Crippen LogP) is 3.12. The number of tetrazole rings is 1. The van der Waals surface area contributed by atoms with Crippen molar-refractivity contribution in [3.63, 3.8) is 0 Å². The van der Waals surface area contributed by atoms with Crippen molar-refractivity contribution in [1.29, 1.82) is 0 Å². The topological polar surface area (TPSA) is 63.9 Å². The Kier molecular flexibility index (Phi) is 4.71. The van der Waals surface area contributed by atoms with E-state index < -0.39 is 0 Å². The molecule has 26 heavy (non-hydrogen) atoms. The van der Waals surface area contributed by atoms with Gasteiger partial charge in [-0.15, -0.1) is 5.10 Å². The molecule has 1 aliphatic rings. The molecule has 1 amide bonds. The lowest BCUT2D eigenvalue weighted by Crippen LogP contribution is -2.36. The molecule has 0 saturated carbocycles. The first-order chi connectivity index (χ1) is 12.8. The molecule has 0 saturated heterocycles. The Balaban J connectivity index is 1.56. The van der Waals surface area contributed by atoms with Gasteiger partial charge in [0.1, 0.15) is 0 Å². The van der Waals surface area contributed by atoms with E-state index >= 15 is 0 Å². The number of carbonyl (C=O) groups is 1. The Morgan fingerprint density at radius 3 is 2.73 bits per heavy atom. The van der Waals surface area contributed by atoms with Crippen LogP contribution in [0.3, 0.4) is 0 Å². The molecular weight excluding hydrogens is 346 g/mol. The van der Waals surface area contributed by atoms with Gasteiger partial charge in [0.05, 0.1) is 10.9 Å². The smallest absolute Gasteiger partial charge is 0.240 e. The quantitative estimate of drug-likeness (QED) is 0.650. The zero-order chi connectivity index (χ0) is 17.9. The molecule has 1 unspecified atom stereocenters. The van der Waals surface area contributed by atoms with Crippen molar-refractivity contribution in [3.05, 3.63) is 60.2 Å². The molecule has 0 radical (unpaired) electrons. The zero-order valence-electron chi connectivity index (χ0n) is 14.4. The molecule has 0 N–H and O–H groups in total. The van der Waals surface area contributed by atoms with Crippen molar-refractivity contribution >= 4 is 23.4 Å². The SMILES string of the molecule is CCC(Sc1nnnn1-c1ccccc1)C(=O)N1CCc2ccccc21. The van der Waals surface area contributed by atoms with Gasteiger partial charge in [-0.2, -0.15) is 4.68 Å². The fourth-order valence-electron chi connectivity index (χ4n) is 3.16. The van der Waals surface area contributed by atoms with Gasteiger partial charge in [0.25, 0.3) is 0 Å². The molecule has 7 heteroatoms. The Morgan fingerprint density at radius 1 is 1.15 bits per heavy atom. The third kappa shape index (κ3) is 3.10. The third-order valence-corrected chi connectivity index (χ3v) is 5.77. The zero-order valence-corrected chi connectivity index (χ0v) is 15.3. The Bertz CT molecular complexity index is 911. The van der Waals surface area contributed by atoms with Gasteiger partial charge in [0.2, 0.25) is 11.1 Å². The number of carbonyl (C=O) groups excluding carboxylic acids is 1. The lowest BCUT2D eigenvalue weighted by Gasteiger charge is -2.22. The predicted molar refractivity (Wildman–Crippen MR) is 102 cm³/mol. The van der Waals surface area contributed by atoms with Gasteiger partial charge in [-0.05, 0) is 47.0 Å².